The summed E-state index contributed by atoms with van der Waals surface area (Å²) >= 11 is 0. The van der Waals surface area contributed by atoms with Gasteiger partial charge in [0.1, 0.15) is 6.54 Å². The summed E-state index contributed by atoms with van der Waals surface area (Å²) in [6.45, 7) is 2.90. The van der Waals surface area contributed by atoms with Crippen LogP contribution in [0.25, 0.3) is 0 Å². The van der Waals surface area contributed by atoms with Gasteiger partial charge in [-0.1, -0.05) is 0 Å². The van der Waals surface area contributed by atoms with Gasteiger partial charge in [0.15, 0.2) is 0 Å². The van der Waals surface area contributed by atoms with Gasteiger partial charge in [-0.15, -0.1) is 0 Å². The first-order valence-corrected chi connectivity index (χ1v) is 9.81. The number of benzene rings is 1. The number of ether oxygens (including phenoxy) is 2. The molecule has 0 radical (unpaired) electrons. The van der Waals surface area contributed by atoms with Crippen LogP contribution in [-0.2, 0) is 19.1 Å². The van der Waals surface area contributed by atoms with E-state index in [-0.39, 0.29) is 42.9 Å². The van der Waals surface area contributed by atoms with Crippen molar-refractivity contribution in [2.75, 3.05) is 63.8 Å². The summed E-state index contributed by atoms with van der Waals surface area (Å²) in [7, 11) is 2.85. The fraction of sp³-hybridized carbons (Fsp3) is 0.500. The second-order valence-electron chi connectivity index (χ2n) is 7.16. The third kappa shape index (κ3) is 4.88. The van der Waals surface area contributed by atoms with E-state index in [9.17, 15) is 19.2 Å². The van der Waals surface area contributed by atoms with Crippen LogP contribution in [0.5, 0.6) is 0 Å². The van der Waals surface area contributed by atoms with Gasteiger partial charge in [-0.25, -0.2) is 9.59 Å². The summed E-state index contributed by atoms with van der Waals surface area (Å²) in [6.07, 6.45) is 0.434. The molecule has 0 atom stereocenters. The van der Waals surface area contributed by atoms with Crippen LogP contribution in [0.3, 0.4) is 0 Å². The number of hydrogen-bond donors (Lipinski definition) is 1. The third-order valence-corrected chi connectivity index (χ3v) is 5.08. The molecule has 10 nitrogen and oxygen atoms in total. The van der Waals surface area contributed by atoms with E-state index in [0.717, 1.165) is 23.7 Å². The number of rotatable bonds is 7. The SMILES string of the molecule is COC(=O)c1cc(N2CCOCC2)ccc1NC(=O)CCCN1C(=O)CN(C)C1=O. The number of nitrogens with one attached hydrogen (secondary N) is 1. The Morgan fingerprint density at radius 1 is 1.20 bits per heavy atom. The molecular formula is C20H26N4O6. The molecule has 0 bridgehead atoms. The number of anilines is 2. The van der Waals surface area contributed by atoms with Crippen LogP contribution < -0.4 is 10.2 Å². The first-order valence-electron chi connectivity index (χ1n) is 9.81. The Labute approximate surface area is 174 Å². The molecule has 0 spiro atoms. The fourth-order valence-electron chi connectivity index (χ4n) is 3.44. The Hall–Kier alpha value is -3.14. The monoisotopic (exact) mass is 418 g/mol. The minimum atomic E-state index is -0.545. The molecule has 0 saturated carbocycles. The van der Waals surface area contributed by atoms with Gasteiger partial charge in [-0.05, 0) is 24.6 Å². The summed E-state index contributed by atoms with van der Waals surface area (Å²) < 4.78 is 10.2. The van der Waals surface area contributed by atoms with Crippen LogP contribution in [-0.4, -0.2) is 87.2 Å². The van der Waals surface area contributed by atoms with Crippen molar-refractivity contribution in [1.82, 2.24) is 9.80 Å². The highest BCUT2D eigenvalue weighted by Gasteiger charge is 2.32. The average molecular weight is 418 g/mol. The van der Waals surface area contributed by atoms with E-state index < -0.39 is 5.97 Å². The van der Waals surface area contributed by atoms with Gasteiger partial charge in [-0.3, -0.25) is 14.5 Å². The van der Waals surface area contributed by atoms with E-state index in [0.29, 0.717) is 25.3 Å². The molecule has 0 unspecified atom stereocenters. The number of imide groups is 1. The predicted octanol–water partition coefficient (Wildman–Crippen LogP) is 0.923. The van der Waals surface area contributed by atoms with E-state index in [4.69, 9.17) is 9.47 Å². The molecule has 2 aliphatic rings. The molecule has 1 aromatic carbocycles. The first-order chi connectivity index (χ1) is 14.4. The molecule has 0 aliphatic carbocycles. The van der Waals surface area contributed by atoms with Crippen molar-refractivity contribution < 1.29 is 28.7 Å². The molecule has 30 heavy (non-hydrogen) atoms. The van der Waals surface area contributed by atoms with E-state index >= 15 is 0 Å². The summed E-state index contributed by atoms with van der Waals surface area (Å²) in [5.74, 6) is -1.13. The maximum absolute atomic E-state index is 12.4. The minimum Gasteiger partial charge on any atom is -0.465 e. The van der Waals surface area contributed by atoms with Gasteiger partial charge in [0, 0.05) is 38.8 Å². The van der Waals surface area contributed by atoms with Gasteiger partial charge >= 0.3 is 12.0 Å². The maximum Gasteiger partial charge on any atom is 0.340 e. The van der Waals surface area contributed by atoms with Crippen molar-refractivity contribution in [3.63, 3.8) is 0 Å². The number of urea groups is 1. The molecular weight excluding hydrogens is 392 g/mol. The zero-order valence-electron chi connectivity index (χ0n) is 17.2. The van der Waals surface area contributed by atoms with Crippen LogP contribution in [0.15, 0.2) is 18.2 Å². The predicted molar refractivity (Wildman–Crippen MR) is 108 cm³/mol. The summed E-state index contributed by atoms with van der Waals surface area (Å²) in [6, 6.07) is 4.86. The number of hydrogen-bond acceptors (Lipinski definition) is 7. The smallest absolute Gasteiger partial charge is 0.340 e. The van der Waals surface area contributed by atoms with E-state index in [2.05, 4.69) is 10.2 Å². The molecule has 2 heterocycles. The molecule has 162 valence electrons. The quantitative estimate of drug-likeness (QED) is 0.518. The number of likely N-dealkylation sites (N-methyl/N-ethyl adjacent to an activating group) is 1. The van der Waals surface area contributed by atoms with Crippen LogP contribution in [0.4, 0.5) is 16.2 Å². The van der Waals surface area contributed by atoms with Crippen LogP contribution in [0.1, 0.15) is 23.2 Å². The van der Waals surface area contributed by atoms with Crippen LogP contribution in [0.2, 0.25) is 0 Å². The number of amides is 4. The molecule has 2 fully saturated rings. The second kappa shape index (κ2) is 9.57. The lowest BCUT2D eigenvalue weighted by Crippen LogP contribution is -2.36. The highest BCUT2D eigenvalue weighted by molar-refractivity contribution is 6.03. The standard InChI is InChI=1S/C20H26N4O6/c1-22-13-18(26)24(20(22)28)7-3-4-17(25)21-16-6-5-14(12-15(16)19(27)29-2)23-8-10-30-11-9-23/h5-6,12H,3-4,7-11,13H2,1-2H3,(H,21,25). The van der Waals surface area contributed by atoms with Crippen molar-refractivity contribution in [2.24, 2.45) is 0 Å². The zero-order valence-corrected chi connectivity index (χ0v) is 17.2. The Bertz CT molecular complexity index is 837. The van der Waals surface area contributed by atoms with Gasteiger partial charge in [-0.2, -0.15) is 0 Å². The van der Waals surface area contributed by atoms with Crippen LogP contribution >= 0.6 is 0 Å². The molecule has 0 aromatic heterocycles. The molecule has 3 rings (SSSR count). The van der Waals surface area contributed by atoms with Gasteiger partial charge < -0.3 is 24.6 Å². The Morgan fingerprint density at radius 2 is 1.93 bits per heavy atom. The van der Waals surface area contributed by atoms with Gasteiger partial charge in [0.2, 0.25) is 11.8 Å². The lowest BCUT2D eigenvalue weighted by Gasteiger charge is -2.29. The lowest BCUT2D eigenvalue weighted by molar-refractivity contribution is -0.125. The number of morpholine rings is 1. The number of carbonyl (C=O) groups is 4. The highest BCUT2D eigenvalue weighted by Crippen LogP contribution is 2.25. The number of nitrogens with zero attached hydrogens (tertiary/aromatic N) is 3. The summed E-state index contributed by atoms with van der Waals surface area (Å²) in [4.78, 5) is 52.8. The number of carbonyl (C=O) groups excluding carboxylic acids is 4. The first kappa shape index (κ1) is 21.6. The number of methoxy groups -OCH3 is 1. The molecule has 4 amide bonds. The normalized spacial score (nSPS) is 16.8. The second-order valence-corrected chi connectivity index (χ2v) is 7.16. The van der Waals surface area contributed by atoms with Crippen molar-refractivity contribution in [1.29, 1.82) is 0 Å². The largest absolute Gasteiger partial charge is 0.465 e. The summed E-state index contributed by atoms with van der Waals surface area (Å²) in [5.41, 5.74) is 1.48. The van der Waals surface area contributed by atoms with Gasteiger partial charge in [0.25, 0.3) is 0 Å². The average Bonchev–Trinajstić information content (AvgIpc) is 3.00. The van der Waals surface area contributed by atoms with Crippen molar-refractivity contribution >= 4 is 35.2 Å². The zero-order chi connectivity index (χ0) is 21.7. The topological polar surface area (TPSA) is 108 Å². The molecule has 1 N–H and O–H groups in total. The Balaban J connectivity index is 1.61. The van der Waals surface area contributed by atoms with Gasteiger partial charge in [0.05, 0.1) is 31.6 Å². The van der Waals surface area contributed by atoms with Crippen molar-refractivity contribution in [3.8, 4) is 0 Å². The Kier molecular flexibility index (Phi) is 6.88. The Morgan fingerprint density at radius 3 is 2.57 bits per heavy atom. The third-order valence-electron chi connectivity index (χ3n) is 5.08. The molecule has 10 heteroatoms. The van der Waals surface area contributed by atoms with E-state index in [1.807, 2.05) is 6.07 Å². The van der Waals surface area contributed by atoms with Crippen molar-refractivity contribution in [2.45, 2.75) is 12.8 Å². The van der Waals surface area contributed by atoms with E-state index in [1.54, 1.807) is 19.2 Å². The lowest BCUT2D eigenvalue weighted by atomic mass is 10.1. The molecule has 1 aromatic rings. The summed E-state index contributed by atoms with van der Waals surface area (Å²) in [5, 5.41) is 2.73. The fourth-order valence-corrected chi connectivity index (χ4v) is 3.44. The highest BCUT2D eigenvalue weighted by atomic mass is 16.5. The van der Waals surface area contributed by atoms with Crippen molar-refractivity contribution in [3.05, 3.63) is 23.8 Å². The maximum atomic E-state index is 12.4. The van der Waals surface area contributed by atoms with E-state index in [1.165, 1.54) is 12.0 Å². The minimum absolute atomic E-state index is 0.0585. The van der Waals surface area contributed by atoms with Crippen LogP contribution in [0, 0.1) is 0 Å². The number of esters is 1. The molecule has 2 aliphatic heterocycles. The molecule has 2 saturated heterocycles.